The normalized spacial score (nSPS) is 26.3. The lowest BCUT2D eigenvalue weighted by atomic mass is 9.90. The molecule has 0 saturated carbocycles. The van der Waals surface area contributed by atoms with Crippen molar-refractivity contribution in [1.82, 2.24) is 0 Å². The summed E-state index contributed by atoms with van der Waals surface area (Å²) in [5.74, 6) is -0.808. The van der Waals surface area contributed by atoms with Crippen LogP contribution in [0.1, 0.15) is 34.1 Å². The van der Waals surface area contributed by atoms with Crippen molar-refractivity contribution in [3.8, 4) is 0 Å². The topological polar surface area (TPSA) is 52.6 Å². The highest BCUT2D eigenvalue weighted by atomic mass is 16.6. The van der Waals surface area contributed by atoms with Crippen molar-refractivity contribution in [2.24, 2.45) is 11.3 Å². The molecule has 4 heteroatoms. The van der Waals surface area contributed by atoms with Gasteiger partial charge >= 0.3 is 11.9 Å². The summed E-state index contributed by atoms with van der Waals surface area (Å²) in [6, 6.07) is 0. The van der Waals surface area contributed by atoms with Crippen LogP contribution in [0.5, 0.6) is 0 Å². The fraction of sp³-hybridized carbons (Fsp3) is 0.818. The molecule has 0 N–H and O–H groups in total. The molecule has 1 rings (SSSR count). The molecule has 1 heterocycles. The Hall–Kier alpha value is -1.06. The van der Waals surface area contributed by atoms with Crippen LogP contribution in [0.3, 0.4) is 0 Å². The lowest BCUT2D eigenvalue weighted by Crippen LogP contribution is -2.34. The van der Waals surface area contributed by atoms with Gasteiger partial charge in [-0.25, -0.2) is 4.79 Å². The molecule has 0 bridgehead atoms. The minimum absolute atomic E-state index is 0.0471. The Morgan fingerprint density at radius 3 is 2.60 bits per heavy atom. The molecule has 1 aliphatic rings. The Balaban J connectivity index is 2.62. The fourth-order valence-electron chi connectivity index (χ4n) is 1.20. The van der Waals surface area contributed by atoms with E-state index in [2.05, 4.69) is 0 Å². The minimum Gasteiger partial charge on any atom is -0.462 e. The molecule has 1 fully saturated rings. The van der Waals surface area contributed by atoms with Gasteiger partial charge in [0.1, 0.15) is 0 Å². The number of carbonyl (C=O) groups excluding carboxylic acids is 2. The van der Waals surface area contributed by atoms with E-state index in [1.54, 1.807) is 13.8 Å². The zero-order valence-electron chi connectivity index (χ0n) is 9.70. The van der Waals surface area contributed by atoms with E-state index in [0.29, 0.717) is 13.0 Å². The number of ether oxygens (including phenoxy) is 2. The first-order valence-electron chi connectivity index (χ1n) is 5.26. The van der Waals surface area contributed by atoms with Gasteiger partial charge in [0, 0.05) is 5.92 Å². The number of esters is 2. The molecule has 1 aliphatic heterocycles. The van der Waals surface area contributed by atoms with Gasteiger partial charge in [0.05, 0.1) is 12.0 Å². The van der Waals surface area contributed by atoms with Crippen LogP contribution in [0.25, 0.3) is 0 Å². The summed E-state index contributed by atoms with van der Waals surface area (Å²) < 4.78 is 9.99. The van der Waals surface area contributed by atoms with Crippen LogP contribution < -0.4 is 0 Å². The molecule has 0 aromatic carbocycles. The van der Waals surface area contributed by atoms with E-state index in [0.717, 1.165) is 0 Å². The van der Waals surface area contributed by atoms with Crippen molar-refractivity contribution >= 4 is 11.9 Å². The minimum atomic E-state index is -0.719. The van der Waals surface area contributed by atoms with Gasteiger partial charge in [0.15, 0.2) is 0 Å². The zero-order chi connectivity index (χ0) is 11.6. The van der Waals surface area contributed by atoms with Crippen molar-refractivity contribution in [2.75, 3.05) is 6.61 Å². The Labute approximate surface area is 89.9 Å². The maximum atomic E-state index is 11.7. The molecule has 0 aromatic heterocycles. The Bertz CT molecular complexity index is 270. The average Bonchev–Trinajstić information content (AvgIpc) is 2.49. The van der Waals surface area contributed by atoms with Crippen LogP contribution in [0, 0.1) is 11.3 Å². The zero-order valence-corrected chi connectivity index (χ0v) is 9.70. The number of carbonyl (C=O) groups is 2. The van der Waals surface area contributed by atoms with Crippen molar-refractivity contribution in [3.63, 3.8) is 0 Å². The summed E-state index contributed by atoms with van der Waals surface area (Å²) in [4.78, 5) is 22.9. The van der Waals surface area contributed by atoms with E-state index in [1.165, 1.54) is 0 Å². The average molecular weight is 214 g/mol. The molecule has 4 nitrogen and oxygen atoms in total. The Morgan fingerprint density at radius 2 is 2.20 bits per heavy atom. The van der Waals surface area contributed by atoms with Gasteiger partial charge in [-0.15, -0.1) is 0 Å². The van der Waals surface area contributed by atoms with Gasteiger partial charge in [-0.2, -0.15) is 0 Å². The highest BCUT2D eigenvalue weighted by molar-refractivity contribution is 5.83. The highest BCUT2D eigenvalue weighted by Gasteiger charge is 2.40. The Kier molecular flexibility index (Phi) is 3.37. The lowest BCUT2D eigenvalue weighted by molar-refractivity contribution is -0.168. The molecule has 0 spiro atoms. The second-order valence-corrected chi connectivity index (χ2v) is 4.67. The van der Waals surface area contributed by atoms with Crippen LogP contribution in [0.2, 0.25) is 0 Å². The van der Waals surface area contributed by atoms with Crippen molar-refractivity contribution in [1.29, 1.82) is 0 Å². The molecule has 2 unspecified atom stereocenters. The standard InChI is InChI=1S/C11H18O4/c1-5-11(3,4)10(13)15-8-7(2)6-14-9(8)12/h7-8H,5-6H2,1-4H3. The SMILES string of the molecule is CCC(C)(C)C(=O)OC1C(=O)OCC1C. The third-order valence-corrected chi connectivity index (χ3v) is 2.91. The first kappa shape index (κ1) is 12.0. The van der Waals surface area contributed by atoms with E-state index in [1.807, 2.05) is 13.8 Å². The van der Waals surface area contributed by atoms with Crippen molar-refractivity contribution < 1.29 is 19.1 Å². The summed E-state index contributed by atoms with van der Waals surface area (Å²) in [5, 5.41) is 0. The molecule has 0 amide bonds. The monoisotopic (exact) mass is 214 g/mol. The summed E-state index contributed by atoms with van der Waals surface area (Å²) in [7, 11) is 0. The van der Waals surface area contributed by atoms with E-state index in [4.69, 9.17) is 9.47 Å². The van der Waals surface area contributed by atoms with Gasteiger partial charge in [-0.05, 0) is 20.3 Å². The van der Waals surface area contributed by atoms with Gasteiger partial charge in [0.2, 0.25) is 6.10 Å². The smallest absolute Gasteiger partial charge is 0.347 e. The molecule has 1 saturated heterocycles. The molecule has 86 valence electrons. The predicted octanol–water partition coefficient (Wildman–Crippen LogP) is 1.53. The number of rotatable bonds is 3. The second-order valence-electron chi connectivity index (χ2n) is 4.67. The van der Waals surface area contributed by atoms with Crippen molar-refractivity contribution in [2.45, 2.75) is 40.2 Å². The summed E-state index contributed by atoms with van der Waals surface area (Å²) in [6.07, 6.45) is -0.0366. The third-order valence-electron chi connectivity index (χ3n) is 2.91. The van der Waals surface area contributed by atoms with Gasteiger partial charge in [0.25, 0.3) is 0 Å². The van der Waals surface area contributed by atoms with Crippen LogP contribution in [0.4, 0.5) is 0 Å². The third kappa shape index (κ3) is 2.49. The highest BCUT2D eigenvalue weighted by Crippen LogP contribution is 2.25. The van der Waals surface area contributed by atoms with E-state index >= 15 is 0 Å². The lowest BCUT2D eigenvalue weighted by Gasteiger charge is -2.23. The first-order valence-corrected chi connectivity index (χ1v) is 5.26. The molecule has 2 atom stereocenters. The summed E-state index contributed by atoms with van der Waals surface area (Å²) in [5.41, 5.74) is -0.539. The number of hydrogen-bond donors (Lipinski definition) is 0. The van der Waals surface area contributed by atoms with Crippen molar-refractivity contribution in [3.05, 3.63) is 0 Å². The van der Waals surface area contributed by atoms with Crippen LogP contribution in [-0.2, 0) is 19.1 Å². The molecule has 0 aromatic rings. The maximum absolute atomic E-state index is 11.7. The van der Waals surface area contributed by atoms with Crippen LogP contribution in [0.15, 0.2) is 0 Å². The second kappa shape index (κ2) is 4.21. The molecule has 0 aliphatic carbocycles. The quantitative estimate of drug-likeness (QED) is 0.668. The Morgan fingerprint density at radius 1 is 1.60 bits per heavy atom. The molecule has 0 radical (unpaired) electrons. The summed E-state index contributed by atoms with van der Waals surface area (Å²) >= 11 is 0. The fourth-order valence-corrected chi connectivity index (χ4v) is 1.20. The van der Waals surface area contributed by atoms with Gasteiger partial charge in [-0.1, -0.05) is 13.8 Å². The van der Waals surface area contributed by atoms with Gasteiger partial charge < -0.3 is 9.47 Å². The van der Waals surface area contributed by atoms with E-state index in [9.17, 15) is 9.59 Å². The first-order chi connectivity index (χ1) is 6.88. The van der Waals surface area contributed by atoms with E-state index in [-0.39, 0.29) is 11.9 Å². The number of cyclic esters (lactones) is 1. The van der Waals surface area contributed by atoms with Crippen LogP contribution >= 0.6 is 0 Å². The number of hydrogen-bond acceptors (Lipinski definition) is 4. The molecule has 15 heavy (non-hydrogen) atoms. The maximum Gasteiger partial charge on any atom is 0.347 e. The summed E-state index contributed by atoms with van der Waals surface area (Å²) in [6.45, 7) is 7.70. The van der Waals surface area contributed by atoms with Gasteiger partial charge in [-0.3, -0.25) is 4.79 Å². The van der Waals surface area contributed by atoms with E-state index < -0.39 is 17.5 Å². The molecular formula is C11H18O4. The van der Waals surface area contributed by atoms with Crippen LogP contribution in [-0.4, -0.2) is 24.6 Å². The largest absolute Gasteiger partial charge is 0.462 e. The molecular weight excluding hydrogens is 196 g/mol. The predicted molar refractivity (Wildman–Crippen MR) is 54.1 cm³/mol.